The van der Waals surface area contributed by atoms with Crippen molar-refractivity contribution in [3.8, 4) is 0 Å². The lowest BCUT2D eigenvalue weighted by Gasteiger charge is -2.29. The van der Waals surface area contributed by atoms with E-state index in [1.165, 1.54) is 6.07 Å². The van der Waals surface area contributed by atoms with Crippen LogP contribution in [0.1, 0.15) is 5.56 Å². The Morgan fingerprint density at radius 1 is 1.27 bits per heavy atom. The van der Waals surface area contributed by atoms with Gasteiger partial charge in [0, 0.05) is 38.4 Å². The summed E-state index contributed by atoms with van der Waals surface area (Å²) in [4.78, 5) is 2.18. The van der Waals surface area contributed by atoms with E-state index in [1.54, 1.807) is 6.07 Å². The number of nitrogens with one attached hydrogen (secondary N) is 1. The maximum Gasteiger partial charge on any atom is 0.125 e. The van der Waals surface area contributed by atoms with Crippen molar-refractivity contribution in [3.05, 3.63) is 29.6 Å². The van der Waals surface area contributed by atoms with Crippen molar-refractivity contribution >= 4 is 5.69 Å². The third-order valence-corrected chi connectivity index (χ3v) is 2.66. The van der Waals surface area contributed by atoms with Crippen molar-refractivity contribution in [1.29, 1.82) is 0 Å². The molecule has 1 saturated heterocycles. The molecule has 0 spiro atoms. The van der Waals surface area contributed by atoms with Gasteiger partial charge in [-0.2, -0.15) is 0 Å². The summed E-state index contributed by atoms with van der Waals surface area (Å²) in [5.74, 6) is -0.202. The fraction of sp³-hybridized carbons (Fsp3) is 0.455. The van der Waals surface area contributed by atoms with Crippen molar-refractivity contribution in [3.63, 3.8) is 0 Å². The van der Waals surface area contributed by atoms with Gasteiger partial charge in [0.1, 0.15) is 5.82 Å². The van der Waals surface area contributed by atoms with E-state index in [4.69, 9.17) is 5.73 Å². The minimum Gasteiger partial charge on any atom is -0.369 e. The zero-order valence-electron chi connectivity index (χ0n) is 8.67. The molecule has 4 heteroatoms. The third-order valence-electron chi connectivity index (χ3n) is 2.66. The van der Waals surface area contributed by atoms with Crippen molar-refractivity contribution < 1.29 is 4.39 Å². The molecule has 1 aliphatic rings. The largest absolute Gasteiger partial charge is 0.369 e. The van der Waals surface area contributed by atoms with Crippen LogP contribution in [0.15, 0.2) is 18.2 Å². The molecule has 82 valence electrons. The van der Waals surface area contributed by atoms with Crippen molar-refractivity contribution in [2.75, 3.05) is 31.1 Å². The van der Waals surface area contributed by atoms with Gasteiger partial charge in [-0.05, 0) is 23.8 Å². The minimum absolute atomic E-state index is 0.202. The molecule has 0 amide bonds. The summed E-state index contributed by atoms with van der Waals surface area (Å²) in [5.41, 5.74) is 7.31. The summed E-state index contributed by atoms with van der Waals surface area (Å²) in [6.45, 7) is 4.14. The van der Waals surface area contributed by atoms with Gasteiger partial charge in [-0.15, -0.1) is 0 Å². The maximum atomic E-state index is 13.3. The standard InChI is InChI=1S/C11H16FN3/c12-10-5-9(8-13)6-11(7-10)15-3-1-14-2-4-15/h5-7,14H,1-4,8,13H2. The van der Waals surface area contributed by atoms with Crippen molar-refractivity contribution in [1.82, 2.24) is 5.32 Å². The number of hydrogen-bond donors (Lipinski definition) is 2. The molecule has 3 N–H and O–H groups in total. The van der Waals surface area contributed by atoms with E-state index in [-0.39, 0.29) is 5.82 Å². The monoisotopic (exact) mass is 209 g/mol. The average Bonchev–Trinajstić information content (AvgIpc) is 2.29. The lowest BCUT2D eigenvalue weighted by Crippen LogP contribution is -2.43. The Balaban J connectivity index is 2.22. The van der Waals surface area contributed by atoms with Gasteiger partial charge in [-0.3, -0.25) is 0 Å². The quantitative estimate of drug-likeness (QED) is 0.753. The van der Waals surface area contributed by atoms with Gasteiger partial charge in [0.2, 0.25) is 0 Å². The smallest absolute Gasteiger partial charge is 0.125 e. The Morgan fingerprint density at radius 3 is 2.67 bits per heavy atom. The maximum absolute atomic E-state index is 13.3. The van der Waals surface area contributed by atoms with Crippen LogP contribution in [0.3, 0.4) is 0 Å². The van der Waals surface area contributed by atoms with Gasteiger partial charge in [-0.25, -0.2) is 4.39 Å². The number of hydrogen-bond acceptors (Lipinski definition) is 3. The molecule has 0 radical (unpaired) electrons. The molecular formula is C11H16FN3. The van der Waals surface area contributed by atoms with Crippen LogP contribution in [-0.4, -0.2) is 26.2 Å². The van der Waals surface area contributed by atoms with Gasteiger partial charge in [0.05, 0.1) is 0 Å². The SMILES string of the molecule is NCc1cc(F)cc(N2CCNCC2)c1. The fourth-order valence-electron chi connectivity index (χ4n) is 1.86. The second kappa shape index (κ2) is 4.59. The fourth-order valence-corrected chi connectivity index (χ4v) is 1.86. The van der Waals surface area contributed by atoms with E-state index in [0.29, 0.717) is 6.54 Å². The van der Waals surface area contributed by atoms with E-state index in [0.717, 1.165) is 37.4 Å². The molecule has 0 atom stereocenters. The highest BCUT2D eigenvalue weighted by Crippen LogP contribution is 2.18. The summed E-state index contributed by atoms with van der Waals surface area (Å²) >= 11 is 0. The number of nitrogens with two attached hydrogens (primary N) is 1. The first-order chi connectivity index (χ1) is 7.29. The Hall–Kier alpha value is -1.13. The summed E-state index contributed by atoms with van der Waals surface area (Å²) in [6.07, 6.45) is 0. The minimum atomic E-state index is -0.202. The van der Waals surface area contributed by atoms with Crippen LogP contribution in [-0.2, 0) is 6.54 Å². The molecule has 0 saturated carbocycles. The highest BCUT2D eigenvalue weighted by molar-refractivity contribution is 5.49. The number of anilines is 1. The molecule has 1 aromatic carbocycles. The van der Waals surface area contributed by atoms with Gasteiger partial charge >= 0.3 is 0 Å². The normalized spacial score (nSPS) is 16.8. The van der Waals surface area contributed by atoms with Gasteiger partial charge in [0.25, 0.3) is 0 Å². The van der Waals surface area contributed by atoms with Crippen LogP contribution < -0.4 is 16.0 Å². The summed E-state index contributed by atoms with van der Waals surface area (Å²) < 4.78 is 13.3. The van der Waals surface area contributed by atoms with Crippen LogP contribution in [0.5, 0.6) is 0 Å². The first kappa shape index (κ1) is 10.4. The number of benzene rings is 1. The Labute approximate surface area is 89.1 Å². The van der Waals surface area contributed by atoms with E-state index < -0.39 is 0 Å². The topological polar surface area (TPSA) is 41.3 Å². The first-order valence-electron chi connectivity index (χ1n) is 5.25. The molecule has 15 heavy (non-hydrogen) atoms. The third kappa shape index (κ3) is 2.46. The number of piperazine rings is 1. The lowest BCUT2D eigenvalue weighted by atomic mass is 10.1. The molecule has 0 aromatic heterocycles. The summed E-state index contributed by atoms with van der Waals surface area (Å²) in [7, 11) is 0. The molecule has 1 heterocycles. The van der Waals surface area contributed by atoms with Gasteiger partial charge in [-0.1, -0.05) is 0 Å². The highest BCUT2D eigenvalue weighted by atomic mass is 19.1. The van der Waals surface area contributed by atoms with E-state index in [1.807, 2.05) is 6.07 Å². The van der Waals surface area contributed by atoms with E-state index >= 15 is 0 Å². The van der Waals surface area contributed by atoms with Crippen LogP contribution in [0.4, 0.5) is 10.1 Å². The Kier molecular flexibility index (Phi) is 3.18. The lowest BCUT2D eigenvalue weighted by molar-refractivity contribution is 0.584. The molecule has 2 rings (SSSR count). The molecule has 1 fully saturated rings. The second-order valence-corrected chi connectivity index (χ2v) is 3.76. The number of nitrogens with zero attached hydrogens (tertiary/aromatic N) is 1. The summed E-state index contributed by atoms with van der Waals surface area (Å²) in [6, 6.07) is 5.03. The number of rotatable bonds is 2. The van der Waals surface area contributed by atoms with Crippen LogP contribution in [0.25, 0.3) is 0 Å². The molecule has 0 unspecified atom stereocenters. The molecule has 0 aliphatic carbocycles. The van der Waals surface area contributed by atoms with E-state index in [2.05, 4.69) is 10.2 Å². The molecular weight excluding hydrogens is 193 g/mol. The Bertz CT molecular complexity index is 335. The Morgan fingerprint density at radius 2 is 2.00 bits per heavy atom. The van der Waals surface area contributed by atoms with Gasteiger partial charge < -0.3 is 16.0 Å². The zero-order valence-corrected chi connectivity index (χ0v) is 8.67. The predicted octanol–water partition coefficient (Wildman–Crippen LogP) is 0.694. The highest BCUT2D eigenvalue weighted by Gasteiger charge is 2.11. The molecule has 1 aromatic rings. The van der Waals surface area contributed by atoms with Crippen molar-refractivity contribution in [2.24, 2.45) is 5.73 Å². The second-order valence-electron chi connectivity index (χ2n) is 3.76. The average molecular weight is 209 g/mol. The van der Waals surface area contributed by atoms with Crippen LogP contribution in [0.2, 0.25) is 0 Å². The molecule has 0 bridgehead atoms. The summed E-state index contributed by atoms with van der Waals surface area (Å²) in [5, 5.41) is 3.27. The van der Waals surface area contributed by atoms with Crippen LogP contribution >= 0.6 is 0 Å². The molecule has 3 nitrogen and oxygen atoms in total. The zero-order chi connectivity index (χ0) is 10.7. The predicted molar refractivity (Wildman–Crippen MR) is 59.4 cm³/mol. The number of halogens is 1. The van der Waals surface area contributed by atoms with Gasteiger partial charge in [0.15, 0.2) is 0 Å². The molecule has 1 aliphatic heterocycles. The van der Waals surface area contributed by atoms with E-state index in [9.17, 15) is 4.39 Å². The van der Waals surface area contributed by atoms with Crippen LogP contribution in [0, 0.1) is 5.82 Å². The van der Waals surface area contributed by atoms with Crippen molar-refractivity contribution in [2.45, 2.75) is 6.54 Å². The first-order valence-corrected chi connectivity index (χ1v) is 5.25.